The highest BCUT2D eigenvalue weighted by molar-refractivity contribution is 7.92. The smallest absolute Gasteiger partial charge is 0.325 e. The van der Waals surface area contributed by atoms with Gasteiger partial charge in [-0.05, 0) is 31.4 Å². The molecule has 6 nitrogen and oxygen atoms in total. The number of methoxy groups -OCH3 is 1. The number of hydrogen-bond donors (Lipinski definition) is 1. The standard InChI is InChI=1S/C15H19NO5S/c1-21-15(17)14(12-9-5-6-10-13(12)16-18)22(19,20)11-7-3-2-4-8-11/h2-4,7-8,12,14,18H,5-6,9-10H2,1H3/b16-13+. The van der Waals surface area contributed by atoms with Crippen molar-refractivity contribution in [1.29, 1.82) is 0 Å². The fourth-order valence-electron chi connectivity index (χ4n) is 2.85. The molecule has 22 heavy (non-hydrogen) atoms. The Labute approximate surface area is 129 Å². The van der Waals surface area contributed by atoms with Crippen LogP contribution in [0.1, 0.15) is 25.7 Å². The first-order valence-electron chi connectivity index (χ1n) is 7.10. The first-order valence-corrected chi connectivity index (χ1v) is 8.64. The lowest BCUT2D eigenvalue weighted by Gasteiger charge is -2.28. The van der Waals surface area contributed by atoms with Crippen LogP contribution in [0.4, 0.5) is 0 Å². The van der Waals surface area contributed by atoms with Crippen molar-refractivity contribution in [1.82, 2.24) is 0 Å². The van der Waals surface area contributed by atoms with E-state index in [4.69, 9.17) is 9.94 Å². The van der Waals surface area contributed by atoms with Crippen LogP contribution >= 0.6 is 0 Å². The number of esters is 1. The van der Waals surface area contributed by atoms with E-state index in [1.807, 2.05) is 0 Å². The summed E-state index contributed by atoms with van der Waals surface area (Å²) in [5.74, 6) is -1.48. The Balaban J connectivity index is 2.49. The summed E-state index contributed by atoms with van der Waals surface area (Å²) in [5, 5.41) is 11.0. The lowest BCUT2D eigenvalue weighted by Crippen LogP contribution is -2.43. The monoisotopic (exact) mass is 325 g/mol. The van der Waals surface area contributed by atoms with Crippen molar-refractivity contribution in [3.8, 4) is 0 Å². The maximum absolute atomic E-state index is 12.9. The minimum absolute atomic E-state index is 0.0632. The second-order valence-corrected chi connectivity index (χ2v) is 7.31. The molecule has 0 bridgehead atoms. The van der Waals surface area contributed by atoms with Crippen LogP contribution in [0.15, 0.2) is 40.4 Å². The average Bonchev–Trinajstić information content (AvgIpc) is 2.56. The molecule has 0 saturated heterocycles. The number of hydrogen-bond acceptors (Lipinski definition) is 6. The summed E-state index contributed by atoms with van der Waals surface area (Å²) in [4.78, 5) is 12.2. The topological polar surface area (TPSA) is 93.0 Å². The van der Waals surface area contributed by atoms with E-state index in [0.717, 1.165) is 20.0 Å². The summed E-state index contributed by atoms with van der Waals surface area (Å²) in [5.41, 5.74) is 0.348. The van der Waals surface area contributed by atoms with Gasteiger partial charge in [0.2, 0.25) is 0 Å². The van der Waals surface area contributed by atoms with E-state index < -0.39 is 27.0 Å². The van der Waals surface area contributed by atoms with Crippen LogP contribution in [0.3, 0.4) is 0 Å². The fourth-order valence-corrected chi connectivity index (χ4v) is 4.76. The van der Waals surface area contributed by atoms with E-state index in [1.54, 1.807) is 18.2 Å². The van der Waals surface area contributed by atoms with E-state index in [0.29, 0.717) is 18.6 Å². The molecule has 0 heterocycles. The van der Waals surface area contributed by atoms with Crippen molar-refractivity contribution in [3.63, 3.8) is 0 Å². The highest BCUT2D eigenvalue weighted by Crippen LogP contribution is 2.32. The van der Waals surface area contributed by atoms with Gasteiger partial charge in [0.1, 0.15) is 0 Å². The summed E-state index contributed by atoms with van der Waals surface area (Å²) >= 11 is 0. The first-order chi connectivity index (χ1) is 10.5. The van der Waals surface area contributed by atoms with Gasteiger partial charge >= 0.3 is 5.97 Å². The van der Waals surface area contributed by atoms with Gasteiger partial charge in [-0.2, -0.15) is 0 Å². The van der Waals surface area contributed by atoms with Gasteiger partial charge in [-0.25, -0.2) is 8.42 Å². The van der Waals surface area contributed by atoms with E-state index in [9.17, 15) is 13.2 Å². The zero-order valence-corrected chi connectivity index (χ0v) is 13.1. The van der Waals surface area contributed by atoms with Gasteiger partial charge in [0.15, 0.2) is 15.1 Å². The quantitative estimate of drug-likeness (QED) is 0.519. The molecule has 1 fully saturated rings. The molecule has 1 saturated carbocycles. The molecule has 1 aromatic rings. The molecule has 1 N–H and O–H groups in total. The molecule has 1 aromatic carbocycles. The van der Waals surface area contributed by atoms with Crippen molar-refractivity contribution >= 4 is 21.5 Å². The Morgan fingerprint density at radius 1 is 1.32 bits per heavy atom. The summed E-state index contributed by atoms with van der Waals surface area (Å²) < 4.78 is 30.4. The van der Waals surface area contributed by atoms with Crippen LogP contribution < -0.4 is 0 Å². The molecule has 0 aliphatic heterocycles. The van der Waals surface area contributed by atoms with Crippen LogP contribution in [0.2, 0.25) is 0 Å². The number of rotatable bonds is 4. The van der Waals surface area contributed by atoms with Gasteiger partial charge in [-0.1, -0.05) is 29.8 Å². The molecule has 0 radical (unpaired) electrons. The molecule has 1 aliphatic rings. The lowest BCUT2D eigenvalue weighted by atomic mass is 9.85. The highest BCUT2D eigenvalue weighted by atomic mass is 32.2. The average molecular weight is 325 g/mol. The van der Waals surface area contributed by atoms with Gasteiger partial charge < -0.3 is 9.94 Å². The van der Waals surface area contributed by atoms with E-state index in [2.05, 4.69) is 5.16 Å². The summed E-state index contributed by atoms with van der Waals surface area (Å²) in [7, 11) is -2.76. The first kappa shape index (κ1) is 16.5. The largest absolute Gasteiger partial charge is 0.468 e. The van der Waals surface area contributed by atoms with Crippen molar-refractivity contribution < 1.29 is 23.2 Å². The Morgan fingerprint density at radius 2 is 2.00 bits per heavy atom. The molecule has 2 atom stereocenters. The SMILES string of the molecule is COC(=O)C(C1CCCC/C1=N\O)S(=O)(=O)c1ccccc1. The number of sulfone groups is 1. The number of nitrogens with zero attached hydrogens (tertiary/aromatic N) is 1. The Hall–Kier alpha value is -1.89. The number of carbonyl (C=O) groups is 1. The number of ether oxygens (including phenoxy) is 1. The zero-order chi connectivity index (χ0) is 16.2. The van der Waals surface area contributed by atoms with Gasteiger partial charge in [-0.3, -0.25) is 4.79 Å². The number of oxime groups is 1. The van der Waals surface area contributed by atoms with E-state index in [-0.39, 0.29) is 4.90 Å². The minimum Gasteiger partial charge on any atom is -0.468 e. The molecule has 7 heteroatoms. The summed E-state index contributed by atoms with van der Waals surface area (Å²) in [6.45, 7) is 0. The maximum atomic E-state index is 12.9. The van der Waals surface area contributed by atoms with Crippen molar-refractivity contribution in [3.05, 3.63) is 30.3 Å². The van der Waals surface area contributed by atoms with Gasteiger partial charge in [0.25, 0.3) is 0 Å². The third-order valence-corrected chi connectivity index (χ3v) is 6.08. The van der Waals surface area contributed by atoms with Crippen LogP contribution in [-0.4, -0.2) is 37.7 Å². The minimum atomic E-state index is -3.92. The van der Waals surface area contributed by atoms with Crippen LogP contribution in [-0.2, 0) is 19.4 Å². The number of carbonyl (C=O) groups excluding carboxylic acids is 1. The summed E-state index contributed by atoms with van der Waals surface area (Å²) in [6.07, 6.45) is 2.56. The normalized spacial score (nSPS) is 22.2. The maximum Gasteiger partial charge on any atom is 0.325 e. The summed E-state index contributed by atoms with van der Waals surface area (Å²) in [6, 6.07) is 7.80. The second-order valence-electron chi connectivity index (χ2n) is 5.25. The number of benzene rings is 1. The third kappa shape index (κ3) is 3.14. The predicted molar refractivity (Wildman–Crippen MR) is 80.6 cm³/mol. The fraction of sp³-hybridized carbons (Fsp3) is 0.467. The highest BCUT2D eigenvalue weighted by Gasteiger charge is 2.44. The lowest BCUT2D eigenvalue weighted by molar-refractivity contribution is -0.140. The zero-order valence-electron chi connectivity index (χ0n) is 12.3. The molecule has 0 spiro atoms. The van der Waals surface area contributed by atoms with Crippen LogP contribution in [0.25, 0.3) is 0 Å². The second kappa shape index (κ2) is 6.91. The van der Waals surface area contributed by atoms with E-state index >= 15 is 0 Å². The Morgan fingerprint density at radius 3 is 2.59 bits per heavy atom. The van der Waals surface area contributed by atoms with Crippen molar-refractivity contribution in [2.24, 2.45) is 11.1 Å². The molecule has 0 aromatic heterocycles. The van der Waals surface area contributed by atoms with Gasteiger partial charge in [0.05, 0.1) is 17.7 Å². The molecule has 2 unspecified atom stereocenters. The molecular weight excluding hydrogens is 306 g/mol. The van der Waals surface area contributed by atoms with Crippen molar-refractivity contribution in [2.45, 2.75) is 35.8 Å². The van der Waals surface area contributed by atoms with Crippen LogP contribution in [0, 0.1) is 5.92 Å². The van der Waals surface area contributed by atoms with Crippen LogP contribution in [0.5, 0.6) is 0 Å². The Kier molecular flexibility index (Phi) is 5.18. The van der Waals surface area contributed by atoms with Crippen molar-refractivity contribution in [2.75, 3.05) is 7.11 Å². The molecule has 120 valence electrons. The molecule has 2 rings (SSSR count). The van der Waals surface area contributed by atoms with Gasteiger partial charge in [-0.15, -0.1) is 0 Å². The predicted octanol–water partition coefficient (Wildman–Crippen LogP) is 2.02. The van der Waals surface area contributed by atoms with Gasteiger partial charge in [0, 0.05) is 5.92 Å². The third-order valence-electron chi connectivity index (χ3n) is 3.96. The molecular formula is C15H19NO5S. The Bertz CT molecular complexity index is 654. The molecule has 1 aliphatic carbocycles. The van der Waals surface area contributed by atoms with E-state index in [1.165, 1.54) is 12.1 Å². The molecule has 0 amide bonds.